The molecular weight excluding hydrogens is 350 g/mol. The van der Waals surface area contributed by atoms with Gasteiger partial charge in [-0.2, -0.15) is 0 Å². The Morgan fingerprint density at radius 2 is 1.67 bits per heavy atom. The van der Waals surface area contributed by atoms with E-state index < -0.39 is 16.8 Å². The van der Waals surface area contributed by atoms with Crippen molar-refractivity contribution in [3.05, 3.63) is 74.8 Å². The average Bonchev–Trinajstić information content (AvgIpc) is 2.65. The predicted molar refractivity (Wildman–Crippen MR) is 99.4 cm³/mol. The van der Waals surface area contributed by atoms with Crippen LogP contribution in [-0.4, -0.2) is 42.9 Å². The Labute approximate surface area is 156 Å². The van der Waals surface area contributed by atoms with E-state index in [1.807, 2.05) is 38.4 Å². The summed E-state index contributed by atoms with van der Waals surface area (Å²) in [5.41, 5.74) is 1.66. The highest BCUT2D eigenvalue weighted by molar-refractivity contribution is 5.98. The Hall–Kier alpha value is -3.26. The van der Waals surface area contributed by atoms with Gasteiger partial charge in [-0.1, -0.05) is 24.3 Å². The first-order chi connectivity index (χ1) is 12.8. The van der Waals surface area contributed by atoms with Crippen molar-refractivity contribution in [2.24, 2.45) is 0 Å². The molecule has 0 bridgehead atoms. The van der Waals surface area contributed by atoms with Crippen LogP contribution in [0.3, 0.4) is 0 Å². The van der Waals surface area contributed by atoms with Gasteiger partial charge in [0, 0.05) is 30.8 Å². The lowest BCUT2D eigenvalue weighted by Crippen LogP contribution is -2.23. The monoisotopic (exact) mass is 371 g/mol. The van der Waals surface area contributed by atoms with Crippen molar-refractivity contribution in [2.45, 2.75) is 13.1 Å². The molecule has 27 heavy (non-hydrogen) atoms. The molecule has 0 aromatic heterocycles. The van der Waals surface area contributed by atoms with E-state index in [1.54, 1.807) is 0 Å². The summed E-state index contributed by atoms with van der Waals surface area (Å²) in [5.74, 6) is -1.26. The standard InChI is InChI=1S/C19H21N3O5/c1-21(2)12-14-6-4-13(5-7-14)11-20-18(23)15-8-16(19(24)27-3)10-17(9-15)22(25)26/h4-10H,11-12H2,1-3H3,(H,20,23). The summed E-state index contributed by atoms with van der Waals surface area (Å²) in [6.07, 6.45) is 0. The summed E-state index contributed by atoms with van der Waals surface area (Å²) in [5, 5.41) is 13.7. The topological polar surface area (TPSA) is 102 Å². The van der Waals surface area contributed by atoms with Gasteiger partial charge < -0.3 is 15.0 Å². The Bertz CT molecular complexity index is 847. The van der Waals surface area contributed by atoms with Crippen LogP contribution in [0, 0.1) is 10.1 Å². The van der Waals surface area contributed by atoms with Crippen LogP contribution >= 0.6 is 0 Å². The van der Waals surface area contributed by atoms with Crippen LogP contribution in [0.15, 0.2) is 42.5 Å². The molecule has 142 valence electrons. The molecule has 0 aliphatic rings. The van der Waals surface area contributed by atoms with E-state index in [1.165, 1.54) is 13.2 Å². The predicted octanol–water partition coefficient (Wildman–Crippen LogP) is 2.37. The van der Waals surface area contributed by atoms with Crippen molar-refractivity contribution in [3.63, 3.8) is 0 Å². The molecule has 0 saturated carbocycles. The van der Waals surface area contributed by atoms with Crippen LogP contribution in [-0.2, 0) is 17.8 Å². The average molecular weight is 371 g/mol. The highest BCUT2D eigenvalue weighted by atomic mass is 16.6. The van der Waals surface area contributed by atoms with E-state index >= 15 is 0 Å². The Balaban J connectivity index is 2.12. The van der Waals surface area contributed by atoms with Crippen molar-refractivity contribution in [1.82, 2.24) is 10.2 Å². The molecule has 1 N–H and O–H groups in total. The van der Waals surface area contributed by atoms with E-state index in [0.717, 1.165) is 29.8 Å². The third-order valence-corrected chi connectivity index (χ3v) is 3.79. The number of esters is 1. The Morgan fingerprint density at radius 3 is 2.22 bits per heavy atom. The number of nitro groups is 1. The summed E-state index contributed by atoms with van der Waals surface area (Å²) in [6, 6.07) is 11.2. The summed E-state index contributed by atoms with van der Waals surface area (Å²) < 4.78 is 4.58. The molecule has 1 amide bonds. The quantitative estimate of drug-likeness (QED) is 0.455. The molecule has 0 saturated heterocycles. The fourth-order valence-corrected chi connectivity index (χ4v) is 2.50. The number of hydrogen-bond acceptors (Lipinski definition) is 6. The molecule has 0 heterocycles. The maximum Gasteiger partial charge on any atom is 0.338 e. The smallest absolute Gasteiger partial charge is 0.338 e. The third-order valence-electron chi connectivity index (χ3n) is 3.79. The summed E-state index contributed by atoms with van der Waals surface area (Å²) in [4.78, 5) is 36.5. The van der Waals surface area contributed by atoms with Crippen LogP contribution in [0.4, 0.5) is 5.69 Å². The van der Waals surface area contributed by atoms with E-state index in [4.69, 9.17) is 0 Å². The molecule has 8 heteroatoms. The zero-order chi connectivity index (χ0) is 20.0. The lowest BCUT2D eigenvalue weighted by atomic mass is 10.1. The molecular formula is C19H21N3O5. The zero-order valence-corrected chi connectivity index (χ0v) is 15.4. The number of benzene rings is 2. The Morgan fingerprint density at radius 1 is 1.07 bits per heavy atom. The first kappa shape index (κ1) is 20.1. The van der Waals surface area contributed by atoms with Gasteiger partial charge in [0.05, 0.1) is 17.6 Å². The van der Waals surface area contributed by atoms with E-state index in [2.05, 4.69) is 15.0 Å². The van der Waals surface area contributed by atoms with Gasteiger partial charge in [-0.15, -0.1) is 0 Å². The molecule has 8 nitrogen and oxygen atoms in total. The van der Waals surface area contributed by atoms with E-state index in [0.29, 0.717) is 0 Å². The van der Waals surface area contributed by atoms with Crippen molar-refractivity contribution in [3.8, 4) is 0 Å². The summed E-state index contributed by atoms with van der Waals surface area (Å²) >= 11 is 0. The van der Waals surface area contributed by atoms with Gasteiger partial charge in [-0.25, -0.2) is 4.79 Å². The first-order valence-corrected chi connectivity index (χ1v) is 8.18. The maximum atomic E-state index is 12.4. The number of hydrogen-bond donors (Lipinski definition) is 1. The molecule has 2 aromatic rings. The van der Waals surface area contributed by atoms with Gasteiger partial charge in [0.2, 0.25) is 0 Å². The highest BCUT2D eigenvalue weighted by Gasteiger charge is 2.18. The van der Waals surface area contributed by atoms with Crippen molar-refractivity contribution in [1.29, 1.82) is 0 Å². The number of rotatable bonds is 7. The molecule has 0 aliphatic heterocycles. The first-order valence-electron chi connectivity index (χ1n) is 8.18. The van der Waals surface area contributed by atoms with Gasteiger partial charge in [0.1, 0.15) is 0 Å². The van der Waals surface area contributed by atoms with Gasteiger partial charge >= 0.3 is 5.97 Å². The largest absolute Gasteiger partial charge is 0.465 e. The van der Waals surface area contributed by atoms with Crippen LogP contribution < -0.4 is 5.32 Å². The minimum Gasteiger partial charge on any atom is -0.465 e. The maximum absolute atomic E-state index is 12.4. The van der Waals surface area contributed by atoms with Crippen LogP contribution in [0.1, 0.15) is 31.8 Å². The minimum atomic E-state index is -0.746. The number of non-ortho nitro benzene ring substituents is 1. The van der Waals surface area contributed by atoms with Crippen molar-refractivity contribution in [2.75, 3.05) is 21.2 Å². The number of carbonyl (C=O) groups is 2. The molecule has 2 rings (SSSR count). The van der Waals surface area contributed by atoms with Crippen LogP contribution in [0.2, 0.25) is 0 Å². The summed E-state index contributed by atoms with van der Waals surface area (Å²) in [6.45, 7) is 1.08. The normalized spacial score (nSPS) is 10.5. The molecule has 0 fully saturated rings. The van der Waals surface area contributed by atoms with Gasteiger partial charge in [-0.05, 0) is 31.3 Å². The number of amides is 1. The molecule has 0 spiro atoms. The van der Waals surface area contributed by atoms with Crippen molar-refractivity contribution >= 4 is 17.6 Å². The number of carbonyl (C=O) groups excluding carboxylic acids is 2. The minimum absolute atomic E-state index is 0.0221. The molecule has 0 unspecified atom stereocenters. The third kappa shape index (κ3) is 5.61. The van der Waals surface area contributed by atoms with Crippen LogP contribution in [0.25, 0.3) is 0 Å². The number of methoxy groups -OCH3 is 1. The second kappa shape index (κ2) is 8.91. The second-order valence-electron chi connectivity index (χ2n) is 6.25. The van der Waals surface area contributed by atoms with Crippen LogP contribution in [0.5, 0.6) is 0 Å². The zero-order valence-electron chi connectivity index (χ0n) is 15.4. The molecule has 0 atom stereocenters. The van der Waals surface area contributed by atoms with Gasteiger partial charge in [0.15, 0.2) is 0 Å². The van der Waals surface area contributed by atoms with Crippen molar-refractivity contribution < 1.29 is 19.2 Å². The fraction of sp³-hybridized carbons (Fsp3) is 0.263. The number of ether oxygens (including phenoxy) is 1. The van der Waals surface area contributed by atoms with Gasteiger partial charge in [0.25, 0.3) is 11.6 Å². The molecule has 0 aliphatic carbocycles. The lowest BCUT2D eigenvalue weighted by molar-refractivity contribution is -0.384. The number of nitro benzene ring substituents is 1. The highest BCUT2D eigenvalue weighted by Crippen LogP contribution is 2.18. The number of nitrogens with one attached hydrogen (secondary N) is 1. The van der Waals surface area contributed by atoms with Gasteiger partial charge in [-0.3, -0.25) is 14.9 Å². The molecule has 2 aromatic carbocycles. The molecule has 0 radical (unpaired) electrons. The SMILES string of the molecule is COC(=O)c1cc(C(=O)NCc2ccc(CN(C)C)cc2)cc([N+](=O)[O-])c1. The van der Waals surface area contributed by atoms with E-state index in [-0.39, 0.29) is 23.4 Å². The van der Waals surface area contributed by atoms with E-state index in [9.17, 15) is 19.7 Å². The second-order valence-corrected chi connectivity index (χ2v) is 6.25. The number of nitrogens with zero attached hydrogens (tertiary/aromatic N) is 2. The fourth-order valence-electron chi connectivity index (χ4n) is 2.50. The Kier molecular flexibility index (Phi) is 6.62. The summed E-state index contributed by atoms with van der Waals surface area (Å²) in [7, 11) is 5.13. The lowest BCUT2D eigenvalue weighted by Gasteiger charge is -2.11.